The minimum absolute atomic E-state index is 0.535. The molecule has 92 valence electrons. The molecule has 19 heavy (non-hydrogen) atoms. The first kappa shape index (κ1) is 12.7. The van der Waals surface area contributed by atoms with Crippen molar-refractivity contribution >= 4 is 23.5 Å². The van der Waals surface area contributed by atoms with Crippen LogP contribution in [0.4, 0.5) is 11.4 Å². The molecule has 0 amide bonds. The second-order valence-electron chi connectivity index (χ2n) is 3.87. The van der Waals surface area contributed by atoms with Gasteiger partial charge in [0.15, 0.2) is 0 Å². The Bertz CT molecular complexity index is 710. The van der Waals surface area contributed by atoms with E-state index in [0.29, 0.717) is 11.4 Å². The lowest BCUT2D eigenvalue weighted by molar-refractivity contribution is 0.564. The van der Waals surface area contributed by atoms with Crippen LogP contribution in [0.1, 0.15) is 5.56 Å². The molecule has 2 aromatic carbocycles. The van der Waals surface area contributed by atoms with Crippen LogP contribution >= 0.6 is 0 Å². The first-order valence-electron chi connectivity index (χ1n) is 5.62. The highest BCUT2D eigenvalue weighted by molar-refractivity contribution is 5.82. The smallest absolute Gasteiger partial charge is 0.211 e. The maximum atomic E-state index is 10.5. The lowest BCUT2D eigenvalue weighted by atomic mass is 9.98. The van der Waals surface area contributed by atoms with E-state index in [4.69, 9.17) is 0 Å². The third-order valence-corrected chi connectivity index (χ3v) is 2.83. The predicted octanol–water partition coefficient (Wildman–Crippen LogP) is 3.60. The van der Waals surface area contributed by atoms with Gasteiger partial charge in [-0.25, -0.2) is 9.59 Å². The number of benzene rings is 2. The summed E-state index contributed by atoms with van der Waals surface area (Å²) in [5.74, 6) is 0. The number of hydrogen-bond donors (Lipinski definition) is 0. The van der Waals surface area contributed by atoms with Gasteiger partial charge >= 0.3 is 0 Å². The molecule has 0 radical (unpaired) electrons. The highest BCUT2D eigenvalue weighted by Crippen LogP contribution is 2.35. The molecule has 0 saturated heterocycles. The summed E-state index contributed by atoms with van der Waals surface area (Å²) in [6, 6.07) is 12.6. The molecule has 0 aliphatic rings. The van der Waals surface area contributed by atoms with E-state index in [9.17, 15) is 9.59 Å². The molecule has 0 fully saturated rings. The molecular formula is C15H10N2O2. The molecule has 2 rings (SSSR count). The van der Waals surface area contributed by atoms with Gasteiger partial charge in [-0.1, -0.05) is 30.3 Å². The number of hydrogen-bond acceptors (Lipinski definition) is 4. The third-order valence-electron chi connectivity index (χ3n) is 2.83. The fourth-order valence-corrected chi connectivity index (χ4v) is 1.93. The van der Waals surface area contributed by atoms with Crippen LogP contribution in [0.25, 0.3) is 11.1 Å². The molecule has 0 aromatic heterocycles. The minimum Gasteiger partial charge on any atom is -0.211 e. The van der Waals surface area contributed by atoms with Gasteiger partial charge in [0.25, 0.3) is 0 Å². The molecule has 4 heteroatoms. The number of isocyanates is 2. The average Bonchev–Trinajstić information content (AvgIpc) is 2.43. The van der Waals surface area contributed by atoms with Gasteiger partial charge in [0, 0.05) is 5.56 Å². The summed E-state index contributed by atoms with van der Waals surface area (Å²) in [5.41, 5.74) is 3.59. The largest absolute Gasteiger partial charge is 0.240 e. The van der Waals surface area contributed by atoms with Gasteiger partial charge in [-0.05, 0) is 30.2 Å². The van der Waals surface area contributed by atoms with E-state index in [1.807, 2.05) is 25.1 Å². The molecule has 2 aromatic rings. The molecule has 0 N–H and O–H groups in total. The molecule has 0 bridgehead atoms. The lowest BCUT2D eigenvalue weighted by Gasteiger charge is -2.09. The Morgan fingerprint density at radius 2 is 1.37 bits per heavy atom. The van der Waals surface area contributed by atoms with Gasteiger partial charge in [0.2, 0.25) is 12.2 Å². The van der Waals surface area contributed by atoms with Gasteiger partial charge < -0.3 is 0 Å². The minimum atomic E-state index is 0.535. The molecule has 0 heterocycles. The van der Waals surface area contributed by atoms with Crippen LogP contribution in [0.15, 0.2) is 52.4 Å². The van der Waals surface area contributed by atoms with E-state index in [2.05, 4.69) is 9.98 Å². The van der Waals surface area contributed by atoms with Crippen molar-refractivity contribution in [2.24, 2.45) is 9.98 Å². The SMILES string of the molecule is Cc1c(N=C=O)cccc1-c1ccccc1N=C=O. The van der Waals surface area contributed by atoms with E-state index >= 15 is 0 Å². The maximum absolute atomic E-state index is 10.5. The summed E-state index contributed by atoms with van der Waals surface area (Å²) in [4.78, 5) is 28.2. The molecule has 0 atom stereocenters. The van der Waals surface area contributed by atoms with Crippen LogP contribution < -0.4 is 0 Å². The van der Waals surface area contributed by atoms with Crippen LogP contribution in [0.2, 0.25) is 0 Å². The van der Waals surface area contributed by atoms with Crippen molar-refractivity contribution in [1.82, 2.24) is 0 Å². The standard InChI is InChI=1S/C15H10N2O2/c1-11-12(6-4-8-14(11)16-9-18)13-5-2-3-7-15(13)17-10-19/h2-8H,1H3. The van der Waals surface area contributed by atoms with Crippen LogP contribution in [0, 0.1) is 6.92 Å². The van der Waals surface area contributed by atoms with Crippen molar-refractivity contribution in [2.75, 3.05) is 0 Å². The van der Waals surface area contributed by atoms with Crippen LogP contribution in [-0.2, 0) is 9.59 Å². The van der Waals surface area contributed by atoms with E-state index in [-0.39, 0.29) is 0 Å². The van der Waals surface area contributed by atoms with Crippen LogP contribution in [0.5, 0.6) is 0 Å². The third kappa shape index (κ3) is 2.55. The topological polar surface area (TPSA) is 58.9 Å². The lowest BCUT2D eigenvalue weighted by Crippen LogP contribution is -1.84. The zero-order chi connectivity index (χ0) is 13.7. The van der Waals surface area contributed by atoms with Crippen LogP contribution in [-0.4, -0.2) is 12.2 Å². The van der Waals surface area contributed by atoms with E-state index in [1.54, 1.807) is 30.3 Å². The summed E-state index contributed by atoms with van der Waals surface area (Å²) >= 11 is 0. The second kappa shape index (κ2) is 5.69. The Kier molecular flexibility index (Phi) is 3.79. The van der Waals surface area contributed by atoms with Crippen LogP contribution in [0.3, 0.4) is 0 Å². The van der Waals surface area contributed by atoms with E-state index < -0.39 is 0 Å². The number of carbonyl (C=O) groups excluding carboxylic acids is 2. The number of aliphatic imine (C=N–C) groups is 2. The number of para-hydroxylation sites is 1. The average molecular weight is 250 g/mol. The van der Waals surface area contributed by atoms with Crippen molar-refractivity contribution in [3.05, 3.63) is 48.0 Å². The molecule has 0 unspecified atom stereocenters. The Balaban J connectivity index is 2.69. The molecular weight excluding hydrogens is 240 g/mol. The van der Waals surface area contributed by atoms with E-state index in [0.717, 1.165) is 16.7 Å². The highest BCUT2D eigenvalue weighted by Gasteiger charge is 2.09. The first-order chi connectivity index (χ1) is 9.27. The molecule has 0 aliphatic heterocycles. The molecule has 0 spiro atoms. The maximum Gasteiger partial charge on any atom is 0.240 e. The van der Waals surface area contributed by atoms with Crippen molar-refractivity contribution < 1.29 is 9.59 Å². The molecule has 4 nitrogen and oxygen atoms in total. The molecule has 0 saturated carbocycles. The monoisotopic (exact) mass is 250 g/mol. The fourth-order valence-electron chi connectivity index (χ4n) is 1.93. The first-order valence-corrected chi connectivity index (χ1v) is 5.62. The number of rotatable bonds is 3. The summed E-state index contributed by atoms with van der Waals surface area (Å²) in [6.45, 7) is 1.85. The highest BCUT2D eigenvalue weighted by atomic mass is 16.1. The Labute approximate surface area is 110 Å². The van der Waals surface area contributed by atoms with Gasteiger partial charge in [-0.2, -0.15) is 9.98 Å². The summed E-state index contributed by atoms with van der Waals surface area (Å²) < 4.78 is 0. The van der Waals surface area contributed by atoms with Gasteiger partial charge in [0.05, 0.1) is 11.4 Å². The predicted molar refractivity (Wildman–Crippen MR) is 72.2 cm³/mol. The van der Waals surface area contributed by atoms with Crippen molar-refractivity contribution in [3.63, 3.8) is 0 Å². The summed E-state index contributed by atoms with van der Waals surface area (Å²) in [6.07, 6.45) is 3.08. The molecule has 0 aliphatic carbocycles. The van der Waals surface area contributed by atoms with Crippen molar-refractivity contribution in [2.45, 2.75) is 6.92 Å². The Hall–Kier alpha value is -2.80. The fraction of sp³-hybridized carbons (Fsp3) is 0.0667. The van der Waals surface area contributed by atoms with E-state index in [1.165, 1.54) is 6.08 Å². The van der Waals surface area contributed by atoms with Gasteiger partial charge in [-0.15, -0.1) is 0 Å². The number of nitrogens with zero attached hydrogens (tertiary/aromatic N) is 2. The second-order valence-corrected chi connectivity index (χ2v) is 3.87. The summed E-state index contributed by atoms with van der Waals surface area (Å²) in [7, 11) is 0. The zero-order valence-electron chi connectivity index (χ0n) is 10.3. The normalized spacial score (nSPS) is 9.32. The zero-order valence-corrected chi connectivity index (χ0v) is 10.3. The quantitative estimate of drug-likeness (QED) is 0.617. The Morgan fingerprint density at radius 1 is 0.789 bits per heavy atom. The van der Waals surface area contributed by atoms with Crippen molar-refractivity contribution in [3.8, 4) is 11.1 Å². The van der Waals surface area contributed by atoms with Gasteiger partial charge in [0.1, 0.15) is 0 Å². The van der Waals surface area contributed by atoms with Gasteiger partial charge in [-0.3, -0.25) is 0 Å². The summed E-state index contributed by atoms with van der Waals surface area (Å²) in [5, 5.41) is 0. The van der Waals surface area contributed by atoms with Crippen molar-refractivity contribution in [1.29, 1.82) is 0 Å². The Morgan fingerprint density at radius 3 is 2.11 bits per heavy atom.